The van der Waals surface area contributed by atoms with Crippen LogP contribution in [0.1, 0.15) is 5.76 Å². The summed E-state index contributed by atoms with van der Waals surface area (Å²) in [6.45, 7) is 0. The Balaban J connectivity index is 1.69. The van der Waals surface area contributed by atoms with Crippen LogP contribution in [-0.2, 0) is 12.8 Å². The van der Waals surface area contributed by atoms with Crippen LogP contribution in [0.3, 0.4) is 0 Å². The Morgan fingerprint density at radius 3 is 2.76 bits per heavy atom. The molecule has 2 heterocycles. The first kappa shape index (κ1) is 13.6. The largest absolute Gasteiger partial charge is 0.497 e. The number of aryl methyl sites for hydroxylation is 1. The average molecular weight is 303 g/mol. The molecule has 3 rings (SSSR count). The van der Waals surface area contributed by atoms with Crippen molar-refractivity contribution in [1.29, 1.82) is 0 Å². The molecule has 0 N–H and O–H groups in total. The Bertz CT molecular complexity index is 722. The highest BCUT2D eigenvalue weighted by molar-refractivity contribution is 7.98. The highest BCUT2D eigenvalue weighted by atomic mass is 32.2. The Labute approximate surface area is 125 Å². The van der Waals surface area contributed by atoms with Crippen LogP contribution in [0.5, 0.6) is 5.75 Å². The zero-order chi connectivity index (χ0) is 14.7. The molecule has 7 nitrogen and oxygen atoms in total. The normalized spacial score (nSPS) is 10.8. The van der Waals surface area contributed by atoms with E-state index in [0.29, 0.717) is 5.75 Å². The third-order valence-electron chi connectivity index (χ3n) is 2.87. The van der Waals surface area contributed by atoms with Gasteiger partial charge in [0.25, 0.3) is 0 Å². The van der Waals surface area contributed by atoms with E-state index in [1.165, 1.54) is 11.8 Å². The van der Waals surface area contributed by atoms with Crippen molar-refractivity contribution in [2.75, 3.05) is 7.11 Å². The highest BCUT2D eigenvalue weighted by Gasteiger charge is 2.09. The Hall–Kier alpha value is -2.35. The summed E-state index contributed by atoms with van der Waals surface area (Å²) in [5.74, 6) is 2.21. The molecular formula is C13H13N5O2S. The molecule has 1 aromatic carbocycles. The summed E-state index contributed by atoms with van der Waals surface area (Å²) in [6.07, 6.45) is 0. The first-order valence-electron chi connectivity index (χ1n) is 6.21. The van der Waals surface area contributed by atoms with Crippen LogP contribution in [0.25, 0.3) is 11.3 Å². The van der Waals surface area contributed by atoms with E-state index < -0.39 is 0 Å². The second-order valence-corrected chi connectivity index (χ2v) is 5.22. The van der Waals surface area contributed by atoms with Gasteiger partial charge in [-0.25, -0.2) is 4.68 Å². The summed E-state index contributed by atoms with van der Waals surface area (Å²) in [5.41, 5.74) is 1.78. The van der Waals surface area contributed by atoms with Gasteiger partial charge in [-0.05, 0) is 34.7 Å². The summed E-state index contributed by atoms with van der Waals surface area (Å²) in [5, 5.41) is 16.1. The lowest BCUT2D eigenvalue weighted by Gasteiger charge is -1.99. The average Bonchev–Trinajstić information content (AvgIpc) is 3.14. The lowest BCUT2D eigenvalue weighted by molar-refractivity contribution is 0.397. The third kappa shape index (κ3) is 3.05. The fraction of sp³-hybridized carbons (Fsp3) is 0.231. The molecule has 0 aliphatic carbocycles. The van der Waals surface area contributed by atoms with Gasteiger partial charge in [0.1, 0.15) is 17.2 Å². The predicted octanol–water partition coefficient (Wildman–Crippen LogP) is 2.17. The number of benzene rings is 1. The molecule has 0 saturated carbocycles. The van der Waals surface area contributed by atoms with Crippen molar-refractivity contribution in [3.8, 4) is 17.0 Å². The quantitative estimate of drug-likeness (QED) is 0.668. The van der Waals surface area contributed by atoms with Crippen LogP contribution >= 0.6 is 11.8 Å². The third-order valence-corrected chi connectivity index (χ3v) is 3.90. The molecule has 0 unspecified atom stereocenters. The molecule has 108 valence electrons. The van der Waals surface area contributed by atoms with Gasteiger partial charge >= 0.3 is 0 Å². The van der Waals surface area contributed by atoms with Crippen LogP contribution < -0.4 is 4.74 Å². The van der Waals surface area contributed by atoms with Crippen LogP contribution in [0.4, 0.5) is 0 Å². The fourth-order valence-corrected chi connectivity index (χ4v) is 2.48. The maximum atomic E-state index is 5.33. The molecule has 2 aromatic heterocycles. The Morgan fingerprint density at radius 1 is 1.29 bits per heavy atom. The molecule has 8 heteroatoms. The van der Waals surface area contributed by atoms with E-state index in [1.54, 1.807) is 18.8 Å². The number of nitrogens with zero attached hydrogens (tertiary/aromatic N) is 5. The van der Waals surface area contributed by atoms with Crippen LogP contribution in [0.15, 0.2) is 40.0 Å². The van der Waals surface area contributed by atoms with Gasteiger partial charge in [0.15, 0.2) is 0 Å². The summed E-state index contributed by atoms with van der Waals surface area (Å²) in [6, 6.07) is 9.59. The van der Waals surface area contributed by atoms with Crippen LogP contribution in [-0.4, -0.2) is 32.5 Å². The number of methoxy groups -OCH3 is 1. The van der Waals surface area contributed by atoms with E-state index in [0.717, 1.165) is 27.9 Å². The predicted molar refractivity (Wildman–Crippen MR) is 76.9 cm³/mol. The number of rotatable bonds is 5. The van der Waals surface area contributed by atoms with Gasteiger partial charge in [0.2, 0.25) is 5.16 Å². The fourth-order valence-electron chi connectivity index (χ4n) is 1.76. The van der Waals surface area contributed by atoms with Crippen molar-refractivity contribution < 1.29 is 9.26 Å². The molecule has 0 aliphatic rings. The number of tetrazole rings is 1. The van der Waals surface area contributed by atoms with Gasteiger partial charge in [0.05, 0.1) is 12.9 Å². The van der Waals surface area contributed by atoms with Crippen molar-refractivity contribution in [3.63, 3.8) is 0 Å². The molecule has 0 spiro atoms. The van der Waals surface area contributed by atoms with Crippen molar-refractivity contribution >= 4 is 11.8 Å². The minimum atomic E-state index is 0.622. The van der Waals surface area contributed by atoms with Gasteiger partial charge in [-0.3, -0.25) is 0 Å². The Morgan fingerprint density at radius 2 is 2.10 bits per heavy atom. The summed E-state index contributed by atoms with van der Waals surface area (Å²) < 4.78 is 12.1. The summed E-state index contributed by atoms with van der Waals surface area (Å²) >= 11 is 1.49. The molecule has 0 fully saturated rings. The van der Waals surface area contributed by atoms with Gasteiger partial charge in [-0.1, -0.05) is 16.9 Å². The minimum Gasteiger partial charge on any atom is -0.497 e. The first-order chi connectivity index (χ1) is 10.3. The van der Waals surface area contributed by atoms with Crippen LogP contribution in [0.2, 0.25) is 0 Å². The molecule has 0 aliphatic heterocycles. The molecule has 0 atom stereocenters. The van der Waals surface area contributed by atoms with E-state index in [9.17, 15) is 0 Å². The molecule has 0 radical (unpaired) electrons. The van der Waals surface area contributed by atoms with E-state index in [1.807, 2.05) is 30.3 Å². The lowest BCUT2D eigenvalue weighted by Crippen LogP contribution is -1.92. The lowest BCUT2D eigenvalue weighted by atomic mass is 10.1. The van der Waals surface area contributed by atoms with Crippen molar-refractivity contribution in [3.05, 3.63) is 36.1 Å². The van der Waals surface area contributed by atoms with Gasteiger partial charge < -0.3 is 9.26 Å². The zero-order valence-electron chi connectivity index (χ0n) is 11.6. The van der Waals surface area contributed by atoms with Crippen molar-refractivity contribution in [1.82, 2.24) is 25.4 Å². The van der Waals surface area contributed by atoms with Gasteiger partial charge in [-0.15, -0.1) is 5.10 Å². The van der Waals surface area contributed by atoms with Crippen LogP contribution in [0, 0.1) is 0 Å². The number of hydrogen-bond acceptors (Lipinski definition) is 7. The minimum absolute atomic E-state index is 0.622. The second kappa shape index (κ2) is 5.96. The van der Waals surface area contributed by atoms with Gasteiger partial charge in [0, 0.05) is 18.7 Å². The van der Waals surface area contributed by atoms with E-state index in [2.05, 4.69) is 20.7 Å². The molecule has 0 saturated heterocycles. The number of ether oxygens (including phenoxy) is 1. The second-order valence-electron chi connectivity index (χ2n) is 4.28. The van der Waals surface area contributed by atoms with E-state index in [4.69, 9.17) is 9.26 Å². The number of aromatic nitrogens is 5. The monoisotopic (exact) mass is 303 g/mol. The number of thioether (sulfide) groups is 1. The molecule has 21 heavy (non-hydrogen) atoms. The topological polar surface area (TPSA) is 78.9 Å². The van der Waals surface area contributed by atoms with Gasteiger partial charge in [-0.2, -0.15) is 0 Å². The summed E-state index contributed by atoms with van der Waals surface area (Å²) in [7, 11) is 3.44. The molecule has 0 amide bonds. The molecule has 3 aromatic rings. The van der Waals surface area contributed by atoms with Crippen molar-refractivity contribution in [2.45, 2.75) is 10.9 Å². The highest BCUT2D eigenvalue weighted by Crippen LogP contribution is 2.25. The van der Waals surface area contributed by atoms with Crippen molar-refractivity contribution in [2.24, 2.45) is 7.05 Å². The standard InChI is InChI=1S/C13H13N5O2S/c1-18-13(14-16-17-18)21-8-11-7-12(15-20-11)9-3-5-10(19-2)6-4-9/h3-7H,8H2,1-2H3. The molecule has 0 bridgehead atoms. The first-order valence-corrected chi connectivity index (χ1v) is 7.20. The Kier molecular flexibility index (Phi) is 3.87. The maximum absolute atomic E-state index is 5.33. The maximum Gasteiger partial charge on any atom is 0.209 e. The molecular weight excluding hydrogens is 290 g/mol. The number of hydrogen-bond donors (Lipinski definition) is 0. The zero-order valence-corrected chi connectivity index (χ0v) is 12.4. The van der Waals surface area contributed by atoms with E-state index >= 15 is 0 Å². The van der Waals surface area contributed by atoms with E-state index in [-0.39, 0.29) is 0 Å². The summed E-state index contributed by atoms with van der Waals surface area (Å²) in [4.78, 5) is 0. The smallest absolute Gasteiger partial charge is 0.209 e. The SMILES string of the molecule is COc1ccc(-c2cc(CSc3nnnn3C)on2)cc1.